The standard InChI is InChI=1S/C13H26N2OS/c1-3-15-12(9-17-10-13(16)14-2)11-7-5-4-6-8-11/h11-12,15H,3-10H2,1-2H3,(H,14,16). The second-order valence-electron chi connectivity index (χ2n) is 4.75. The molecule has 4 heteroatoms. The van der Waals surface area contributed by atoms with Crippen molar-refractivity contribution in [2.24, 2.45) is 5.92 Å². The van der Waals surface area contributed by atoms with E-state index in [2.05, 4.69) is 17.6 Å². The van der Waals surface area contributed by atoms with E-state index in [1.165, 1.54) is 32.1 Å². The molecule has 0 aromatic rings. The van der Waals surface area contributed by atoms with Crippen molar-refractivity contribution in [3.8, 4) is 0 Å². The minimum absolute atomic E-state index is 0.133. The third-order valence-electron chi connectivity index (χ3n) is 3.49. The molecule has 1 aliphatic rings. The smallest absolute Gasteiger partial charge is 0.229 e. The Kier molecular flexibility index (Phi) is 7.69. The quantitative estimate of drug-likeness (QED) is 0.734. The van der Waals surface area contributed by atoms with E-state index < -0.39 is 0 Å². The number of hydrogen-bond acceptors (Lipinski definition) is 3. The zero-order chi connectivity index (χ0) is 12.5. The van der Waals surface area contributed by atoms with Crippen LogP contribution in [0, 0.1) is 5.92 Å². The van der Waals surface area contributed by atoms with Crippen LogP contribution in [0.1, 0.15) is 39.0 Å². The second-order valence-corrected chi connectivity index (χ2v) is 5.78. The molecule has 100 valence electrons. The molecular weight excluding hydrogens is 232 g/mol. The Bertz CT molecular complexity index is 217. The Morgan fingerprint density at radius 3 is 2.65 bits per heavy atom. The minimum Gasteiger partial charge on any atom is -0.358 e. The molecule has 0 spiro atoms. The van der Waals surface area contributed by atoms with E-state index in [0.717, 1.165) is 18.2 Å². The first kappa shape index (κ1) is 14.8. The molecule has 1 unspecified atom stereocenters. The van der Waals surface area contributed by atoms with Gasteiger partial charge in [0.1, 0.15) is 0 Å². The largest absolute Gasteiger partial charge is 0.358 e. The van der Waals surface area contributed by atoms with Crippen LogP contribution in [0.25, 0.3) is 0 Å². The predicted octanol–water partition coefficient (Wildman–Crippen LogP) is 2.02. The van der Waals surface area contributed by atoms with Gasteiger partial charge in [0.15, 0.2) is 0 Å². The highest BCUT2D eigenvalue weighted by Gasteiger charge is 2.22. The summed E-state index contributed by atoms with van der Waals surface area (Å²) >= 11 is 1.75. The van der Waals surface area contributed by atoms with Gasteiger partial charge in [-0.2, -0.15) is 11.8 Å². The minimum atomic E-state index is 0.133. The zero-order valence-corrected chi connectivity index (χ0v) is 11.9. The lowest BCUT2D eigenvalue weighted by molar-refractivity contribution is -0.118. The third kappa shape index (κ3) is 5.77. The Balaban J connectivity index is 2.28. The highest BCUT2D eigenvalue weighted by atomic mass is 32.2. The molecule has 1 atom stereocenters. The topological polar surface area (TPSA) is 41.1 Å². The predicted molar refractivity (Wildman–Crippen MR) is 75.4 cm³/mol. The van der Waals surface area contributed by atoms with Crippen molar-refractivity contribution in [2.45, 2.75) is 45.1 Å². The molecule has 1 amide bonds. The molecule has 1 saturated carbocycles. The van der Waals surface area contributed by atoms with Gasteiger partial charge in [-0.3, -0.25) is 4.79 Å². The number of hydrogen-bond donors (Lipinski definition) is 2. The number of carbonyl (C=O) groups excluding carboxylic acids is 1. The van der Waals surface area contributed by atoms with E-state index >= 15 is 0 Å². The summed E-state index contributed by atoms with van der Waals surface area (Å²) in [6, 6.07) is 0.593. The number of carbonyl (C=O) groups is 1. The maximum Gasteiger partial charge on any atom is 0.229 e. The zero-order valence-electron chi connectivity index (χ0n) is 11.1. The Morgan fingerprint density at radius 2 is 2.06 bits per heavy atom. The second kappa shape index (κ2) is 8.81. The van der Waals surface area contributed by atoms with Gasteiger partial charge in [-0.25, -0.2) is 0 Å². The summed E-state index contributed by atoms with van der Waals surface area (Å²) in [4.78, 5) is 11.2. The number of thioether (sulfide) groups is 1. The lowest BCUT2D eigenvalue weighted by Gasteiger charge is -2.30. The van der Waals surface area contributed by atoms with Gasteiger partial charge in [-0.15, -0.1) is 0 Å². The Morgan fingerprint density at radius 1 is 1.35 bits per heavy atom. The number of rotatable bonds is 7. The van der Waals surface area contributed by atoms with Crippen molar-refractivity contribution in [3.05, 3.63) is 0 Å². The van der Waals surface area contributed by atoms with Crippen molar-refractivity contribution in [2.75, 3.05) is 25.1 Å². The van der Waals surface area contributed by atoms with Crippen LogP contribution in [0.4, 0.5) is 0 Å². The van der Waals surface area contributed by atoms with E-state index in [0.29, 0.717) is 11.8 Å². The van der Waals surface area contributed by atoms with Crippen LogP contribution in [-0.4, -0.2) is 37.0 Å². The molecule has 2 N–H and O–H groups in total. The van der Waals surface area contributed by atoms with E-state index in [9.17, 15) is 4.79 Å². The lowest BCUT2D eigenvalue weighted by Crippen LogP contribution is -2.39. The van der Waals surface area contributed by atoms with Gasteiger partial charge in [0.05, 0.1) is 5.75 Å². The van der Waals surface area contributed by atoms with Crippen molar-refractivity contribution in [3.63, 3.8) is 0 Å². The maximum atomic E-state index is 11.2. The van der Waals surface area contributed by atoms with Crippen LogP contribution in [0.15, 0.2) is 0 Å². The molecule has 1 aliphatic carbocycles. The van der Waals surface area contributed by atoms with Gasteiger partial charge in [0.2, 0.25) is 5.91 Å². The van der Waals surface area contributed by atoms with Crippen LogP contribution in [-0.2, 0) is 4.79 Å². The Labute approximate surface area is 109 Å². The van der Waals surface area contributed by atoms with E-state index in [4.69, 9.17) is 0 Å². The summed E-state index contributed by atoms with van der Waals surface area (Å²) < 4.78 is 0. The normalized spacial score (nSPS) is 18.9. The van der Waals surface area contributed by atoms with Crippen LogP contribution in [0.3, 0.4) is 0 Å². The fourth-order valence-electron chi connectivity index (χ4n) is 2.51. The average Bonchev–Trinajstić information content (AvgIpc) is 2.38. The fourth-order valence-corrected chi connectivity index (χ4v) is 3.60. The summed E-state index contributed by atoms with van der Waals surface area (Å²) in [6.45, 7) is 3.20. The molecule has 3 nitrogen and oxygen atoms in total. The van der Waals surface area contributed by atoms with Crippen molar-refractivity contribution in [1.29, 1.82) is 0 Å². The SMILES string of the molecule is CCNC(CSCC(=O)NC)C1CCCCC1. The molecule has 0 bridgehead atoms. The van der Waals surface area contributed by atoms with Gasteiger partial charge in [0.25, 0.3) is 0 Å². The number of nitrogens with one attached hydrogen (secondary N) is 2. The van der Waals surface area contributed by atoms with Gasteiger partial charge in [0, 0.05) is 18.8 Å². The Hall–Kier alpha value is -0.220. The summed E-state index contributed by atoms with van der Waals surface area (Å²) in [6.07, 6.45) is 6.89. The molecule has 0 aliphatic heterocycles. The van der Waals surface area contributed by atoms with Crippen molar-refractivity contribution < 1.29 is 4.79 Å². The third-order valence-corrected chi connectivity index (χ3v) is 4.56. The van der Waals surface area contributed by atoms with Gasteiger partial charge in [-0.1, -0.05) is 26.2 Å². The van der Waals surface area contributed by atoms with Gasteiger partial charge < -0.3 is 10.6 Å². The first-order valence-electron chi connectivity index (χ1n) is 6.79. The molecule has 0 heterocycles. The summed E-state index contributed by atoms with van der Waals surface area (Å²) in [7, 11) is 1.70. The molecular formula is C13H26N2OS. The molecule has 0 radical (unpaired) electrons. The summed E-state index contributed by atoms with van der Waals surface area (Å²) in [5, 5.41) is 6.26. The summed E-state index contributed by atoms with van der Waals surface area (Å²) in [5.74, 6) is 2.60. The maximum absolute atomic E-state index is 11.2. The lowest BCUT2D eigenvalue weighted by atomic mass is 9.84. The highest BCUT2D eigenvalue weighted by molar-refractivity contribution is 8.00. The van der Waals surface area contributed by atoms with Gasteiger partial charge >= 0.3 is 0 Å². The molecule has 17 heavy (non-hydrogen) atoms. The van der Waals surface area contributed by atoms with Gasteiger partial charge in [-0.05, 0) is 25.3 Å². The van der Waals surface area contributed by atoms with E-state index in [1.807, 2.05) is 0 Å². The van der Waals surface area contributed by atoms with Crippen LogP contribution in [0.5, 0.6) is 0 Å². The van der Waals surface area contributed by atoms with Crippen molar-refractivity contribution in [1.82, 2.24) is 10.6 Å². The molecule has 1 rings (SSSR count). The van der Waals surface area contributed by atoms with Crippen LogP contribution in [0.2, 0.25) is 0 Å². The van der Waals surface area contributed by atoms with E-state index in [-0.39, 0.29) is 5.91 Å². The fraction of sp³-hybridized carbons (Fsp3) is 0.923. The van der Waals surface area contributed by atoms with Crippen LogP contribution >= 0.6 is 11.8 Å². The molecule has 0 aromatic heterocycles. The van der Waals surface area contributed by atoms with Crippen molar-refractivity contribution >= 4 is 17.7 Å². The highest BCUT2D eigenvalue weighted by Crippen LogP contribution is 2.27. The monoisotopic (exact) mass is 258 g/mol. The molecule has 0 aromatic carbocycles. The number of amides is 1. The average molecular weight is 258 g/mol. The van der Waals surface area contributed by atoms with Crippen LogP contribution < -0.4 is 10.6 Å². The molecule has 0 saturated heterocycles. The molecule has 1 fully saturated rings. The first-order valence-corrected chi connectivity index (χ1v) is 7.95. The first-order chi connectivity index (χ1) is 8.27. The summed E-state index contributed by atoms with van der Waals surface area (Å²) in [5.41, 5.74) is 0. The van der Waals surface area contributed by atoms with E-state index in [1.54, 1.807) is 18.8 Å².